The van der Waals surface area contributed by atoms with Crippen LogP contribution in [-0.2, 0) is 9.53 Å². The first kappa shape index (κ1) is 28.4. The fourth-order valence-corrected chi connectivity index (χ4v) is 3.82. The Morgan fingerprint density at radius 3 is 2.63 bits per heavy atom. The van der Waals surface area contributed by atoms with E-state index >= 15 is 0 Å². The number of aliphatic imine (C=N–C) groups is 1. The summed E-state index contributed by atoms with van der Waals surface area (Å²) in [5.74, 6) is -0.880. The summed E-state index contributed by atoms with van der Waals surface area (Å²) in [4.78, 5) is 29.2. The summed E-state index contributed by atoms with van der Waals surface area (Å²) < 4.78 is 7.50. The van der Waals surface area contributed by atoms with Crippen LogP contribution in [0.5, 0.6) is 0 Å². The largest absolute Gasteiger partial charge is 0.480 e. The maximum Gasteiger partial charge on any atom is 0.320 e. The number of guanidine groups is 1. The fourth-order valence-electron chi connectivity index (χ4n) is 3.82. The third-order valence-electron chi connectivity index (χ3n) is 5.69. The van der Waals surface area contributed by atoms with Crippen LogP contribution in [0.4, 0.5) is 5.82 Å². The molecule has 3 heterocycles. The maximum absolute atomic E-state index is 11.1. The second kappa shape index (κ2) is 12.8. The van der Waals surface area contributed by atoms with Gasteiger partial charge >= 0.3 is 5.97 Å². The van der Waals surface area contributed by atoms with E-state index in [1.807, 2.05) is 4.90 Å². The lowest BCUT2D eigenvalue weighted by Crippen LogP contribution is -2.42. The molecule has 0 amide bonds. The summed E-state index contributed by atoms with van der Waals surface area (Å²) in [6.45, 7) is 1.64. The lowest BCUT2D eigenvalue weighted by Gasteiger charge is -2.27. The van der Waals surface area contributed by atoms with E-state index in [0.29, 0.717) is 37.2 Å². The molecule has 0 saturated carbocycles. The zero-order valence-corrected chi connectivity index (χ0v) is 19.9. The Balaban J connectivity index is 0.00000432. The molecule has 0 radical (unpaired) electrons. The van der Waals surface area contributed by atoms with Gasteiger partial charge in [-0.1, -0.05) is 0 Å². The molecule has 0 spiro atoms. The number of carboxylic acid groups (broad SMARTS) is 1. The Bertz CT molecular complexity index is 1000. The number of hydrogen-bond acceptors (Lipinski definition) is 11. The van der Waals surface area contributed by atoms with Crippen LogP contribution in [0.2, 0.25) is 0 Å². The molecule has 1 aliphatic rings. The van der Waals surface area contributed by atoms with Gasteiger partial charge in [0.15, 0.2) is 23.7 Å². The molecule has 196 valence electrons. The van der Waals surface area contributed by atoms with Gasteiger partial charge in [-0.15, -0.1) is 12.4 Å². The average molecular weight is 517 g/mol. The number of imidazole rings is 1. The third-order valence-corrected chi connectivity index (χ3v) is 5.69. The summed E-state index contributed by atoms with van der Waals surface area (Å²) in [7, 11) is 0. The topological polar surface area (TPSA) is 250 Å². The molecule has 1 fully saturated rings. The van der Waals surface area contributed by atoms with E-state index in [2.05, 4.69) is 19.9 Å². The zero-order chi connectivity index (χ0) is 24.8. The first-order chi connectivity index (χ1) is 16.2. The van der Waals surface area contributed by atoms with Gasteiger partial charge in [0.1, 0.15) is 36.2 Å². The van der Waals surface area contributed by atoms with Gasteiger partial charge in [0, 0.05) is 19.6 Å². The predicted molar refractivity (Wildman–Crippen MR) is 129 cm³/mol. The van der Waals surface area contributed by atoms with Gasteiger partial charge in [-0.3, -0.25) is 14.4 Å². The Morgan fingerprint density at radius 2 is 1.94 bits per heavy atom. The molecule has 0 bridgehead atoms. The highest BCUT2D eigenvalue weighted by atomic mass is 35.5. The number of aliphatic carboxylic acids is 1. The summed E-state index contributed by atoms with van der Waals surface area (Å²) in [6.07, 6.45) is 0.201. The van der Waals surface area contributed by atoms with Crippen molar-refractivity contribution in [1.29, 1.82) is 0 Å². The Hall–Kier alpha value is -2.82. The molecule has 16 heteroatoms. The summed E-state index contributed by atoms with van der Waals surface area (Å²) in [6, 6.07) is -1.01. The molecule has 35 heavy (non-hydrogen) atoms. The second-order valence-electron chi connectivity index (χ2n) is 8.18. The molecule has 5 atom stereocenters. The Kier molecular flexibility index (Phi) is 10.4. The van der Waals surface area contributed by atoms with Gasteiger partial charge in [0.25, 0.3) is 0 Å². The zero-order valence-electron chi connectivity index (χ0n) is 19.1. The summed E-state index contributed by atoms with van der Waals surface area (Å²) in [5, 5.41) is 30.5. The van der Waals surface area contributed by atoms with Crippen molar-refractivity contribution in [2.24, 2.45) is 22.2 Å². The number of rotatable bonds is 12. The highest BCUT2D eigenvalue weighted by molar-refractivity contribution is 5.85. The van der Waals surface area contributed by atoms with Crippen molar-refractivity contribution in [2.75, 3.05) is 31.9 Å². The number of aromatic nitrogens is 4. The molecular formula is C19H33ClN10O5. The minimum Gasteiger partial charge on any atom is -0.480 e. The number of halogens is 1. The van der Waals surface area contributed by atoms with Gasteiger partial charge in [-0.25, -0.2) is 15.0 Å². The molecule has 2 aromatic heterocycles. The quantitative estimate of drug-likeness (QED) is 0.0883. The number of unbranched alkanes of at least 4 members (excludes halogenated alkanes) is 1. The van der Waals surface area contributed by atoms with Gasteiger partial charge in [-0.05, 0) is 25.8 Å². The second-order valence-corrected chi connectivity index (χ2v) is 8.18. The average Bonchev–Trinajstić information content (AvgIpc) is 3.33. The van der Waals surface area contributed by atoms with E-state index in [1.165, 1.54) is 17.2 Å². The van der Waals surface area contributed by atoms with Crippen LogP contribution >= 0.6 is 12.4 Å². The van der Waals surface area contributed by atoms with E-state index in [-0.39, 0.29) is 37.2 Å². The van der Waals surface area contributed by atoms with Gasteiger partial charge in [0.2, 0.25) is 0 Å². The minimum atomic E-state index is -1.25. The first-order valence-electron chi connectivity index (χ1n) is 10.9. The van der Waals surface area contributed by atoms with Crippen molar-refractivity contribution in [3.63, 3.8) is 0 Å². The minimum absolute atomic E-state index is 0. The van der Waals surface area contributed by atoms with Crippen LogP contribution in [0.15, 0.2) is 17.6 Å². The lowest BCUT2D eigenvalue weighted by molar-refractivity contribution is -0.138. The number of anilines is 1. The number of carbonyl (C=O) groups is 1. The van der Waals surface area contributed by atoms with Gasteiger partial charge in [0.05, 0.1) is 6.33 Å². The lowest BCUT2D eigenvalue weighted by atomic mass is 10.1. The van der Waals surface area contributed by atoms with E-state index in [1.54, 1.807) is 0 Å². The highest BCUT2D eigenvalue weighted by Crippen LogP contribution is 2.32. The van der Waals surface area contributed by atoms with E-state index in [0.717, 1.165) is 6.42 Å². The van der Waals surface area contributed by atoms with Crippen LogP contribution in [0.25, 0.3) is 11.2 Å². The molecule has 0 aliphatic carbocycles. The van der Waals surface area contributed by atoms with Gasteiger partial charge in [-0.2, -0.15) is 0 Å². The standard InChI is InChI=1S/C19H32N10O5.ClH/c20-10(18(32)33)3-6-28(5-2-1-4-24-19(22)23)7-11-13(30)14(31)17(34-11)29-9-27-12-15(21)25-8-26-16(12)29;/h8-11,13-14,17,30-31H,1-7,20H2,(H,32,33)(H2,21,25,26)(H4,22,23,24);1H/t10-,11+,13+,14+,17+;/m0./s1. The Labute approximate surface area is 207 Å². The molecule has 0 unspecified atom stereocenters. The summed E-state index contributed by atoms with van der Waals surface area (Å²) >= 11 is 0. The predicted octanol–water partition coefficient (Wildman–Crippen LogP) is -2.39. The number of fused-ring (bicyclic) bond motifs is 1. The van der Waals surface area contributed by atoms with E-state index in [4.69, 9.17) is 32.8 Å². The SMILES string of the molecule is Cl.NC(N)=NCCCCN(CC[C@H](N)C(=O)O)C[C@H]1O[C@@H](n2cnc3c(N)ncnc32)[C@H](O)[C@@H]1O. The van der Waals surface area contributed by atoms with Crippen molar-refractivity contribution in [3.8, 4) is 0 Å². The number of carboxylic acids is 1. The van der Waals surface area contributed by atoms with Crippen molar-refractivity contribution in [1.82, 2.24) is 24.4 Å². The monoisotopic (exact) mass is 516 g/mol. The summed E-state index contributed by atoms with van der Waals surface area (Å²) in [5.41, 5.74) is 22.9. The molecule has 0 aromatic carbocycles. The Morgan fingerprint density at radius 1 is 1.20 bits per heavy atom. The van der Waals surface area contributed by atoms with Crippen molar-refractivity contribution in [2.45, 2.75) is 49.8 Å². The molecule has 15 nitrogen and oxygen atoms in total. The van der Waals surface area contributed by atoms with Crippen molar-refractivity contribution in [3.05, 3.63) is 12.7 Å². The highest BCUT2D eigenvalue weighted by Gasteiger charge is 2.44. The number of aliphatic hydroxyl groups excluding tert-OH is 2. The van der Waals surface area contributed by atoms with Crippen LogP contribution in [0, 0.1) is 0 Å². The molecule has 1 aliphatic heterocycles. The number of nitrogens with two attached hydrogens (primary N) is 4. The van der Waals surface area contributed by atoms with E-state index in [9.17, 15) is 15.0 Å². The molecule has 11 N–H and O–H groups in total. The molecular weight excluding hydrogens is 484 g/mol. The van der Waals surface area contributed by atoms with Crippen LogP contribution in [0.1, 0.15) is 25.5 Å². The third kappa shape index (κ3) is 7.09. The van der Waals surface area contributed by atoms with Crippen LogP contribution < -0.4 is 22.9 Å². The number of nitrogen functional groups attached to an aromatic ring is 1. The van der Waals surface area contributed by atoms with Crippen molar-refractivity contribution >= 4 is 41.3 Å². The number of nitrogens with zero attached hydrogens (tertiary/aromatic N) is 6. The first-order valence-corrected chi connectivity index (χ1v) is 10.9. The van der Waals surface area contributed by atoms with E-state index < -0.39 is 36.6 Å². The van der Waals surface area contributed by atoms with Gasteiger partial charge < -0.3 is 47.9 Å². The fraction of sp³-hybridized carbons (Fsp3) is 0.632. The number of aliphatic hydroxyl groups is 2. The maximum atomic E-state index is 11.1. The molecule has 2 aromatic rings. The van der Waals surface area contributed by atoms with Crippen LogP contribution in [0.3, 0.4) is 0 Å². The molecule has 1 saturated heterocycles. The number of hydrogen-bond donors (Lipinski definition) is 7. The number of ether oxygens (including phenoxy) is 1. The smallest absolute Gasteiger partial charge is 0.320 e. The van der Waals surface area contributed by atoms with Crippen LogP contribution in [-0.4, -0.2) is 102 Å². The normalized spacial score (nSPS) is 22.7. The molecule has 3 rings (SSSR count). The van der Waals surface area contributed by atoms with Crippen molar-refractivity contribution < 1.29 is 24.9 Å².